The molecule has 1 aliphatic rings. The maximum atomic E-state index is 13.8. The van der Waals surface area contributed by atoms with Crippen molar-refractivity contribution in [3.05, 3.63) is 29.6 Å². The molecule has 0 spiro atoms. The van der Waals surface area contributed by atoms with Crippen LogP contribution >= 0.6 is 0 Å². The summed E-state index contributed by atoms with van der Waals surface area (Å²) < 4.78 is 13.8. The second-order valence-corrected chi connectivity index (χ2v) is 6.08. The first-order chi connectivity index (χ1) is 9.47. The van der Waals surface area contributed by atoms with Crippen molar-refractivity contribution in [3.8, 4) is 5.75 Å². The fraction of sp³-hybridized carbons (Fsp3) is 0.625. The van der Waals surface area contributed by atoms with Crippen LogP contribution in [0.15, 0.2) is 18.2 Å². The second kappa shape index (κ2) is 6.55. The van der Waals surface area contributed by atoms with Gasteiger partial charge in [0.15, 0.2) is 0 Å². The number of phenols is 1. The SMILES string of the molecule is CC(NCC1CCN(C(C)C)C1)c1ccc(O)cc1F. The summed E-state index contributed by atoms with van der Waals surface area (Å²) in [7, 11) is 0. The Morgan fingerprint density at radius 2 is 2.15 bits per heavy atom. The van der Waals surface area contributed by atoms with Crippen molar-refractivity contribution < 1.29 is 9.50 Å². The molecule has 2 N–H and O–H groups in total. The summed E-state index contributed by atoms with van der Waals surface area (Å²) in [5.41, 5.74) is 0.613. The van der Waals surface area contributed by atoms with Gasteiger partial charge in [0, 0.05) is 30.3 Å². The molecule has 4 heteroatoms. The molecule has 0 saturated carbocycles. The molecule has 0 amide bonds. The molecule has 1 heterocycles. The normalized spacial score (nSPS) is 21.6. The monoisotopic (exact) mass is 280 g/mol. The van der Waals surface area contributed by atoms with Gasteiger partial charge in [0.05, 0.1) is 0 Å². The lowest BCUT2D eigenvalue weighted by Gasteiger charge is -2.21. The Bertz CT molecular complexity index is 450. The van der Waals surface area contributed by atoms with Crippen LogP contribution < -0.4 is 5.32 Å². The fourth-order valence-electron chi connectivity index (χ4n) is 2.82. The van der Waals surface area contributed by atoms with Crippen molar-refractivity contribution in [2.24, 2.45) is 5.92 Å². The van der Waals surface area contributed by atoms with Crippen molar-refractivity contribution in [2.45, 2.75) is 39.3 Å². The maximum absolute atomic E-state index is 13.8. The number of rotatable bonds is 5. The molecule has 1 fully saturated rings. The number of aromatic hydroxyl groups is 1. The fourth-order valence-corrected chi connectivity index (χ4v) is 2.82. The molecule has 3 nitrogen and oxygen atoms in total. The van der Waals surface area contributed by atoms with E-state index in [2.05, 4.69) is 24.1 Å². The van der Waals surface area contributed by atoms with Crippen LogP contribution in [0.4, 0.5) is 4.39 Å². The minimum Gasteiger partial charge on any atom is -0.508 e. The summed E-state index contributed by atoms with van der Waals surface area (Å²) in [4.78, 5) is 2.48. The van der Waals surface area contributed by atoms with E-state index < -0.39 is 0 Å². The number of halogens is 1. The number of likely N-dealkylation sites (tertiary alicyclic amines) is 1. The summed E-state index contributed by atoms with van der Waals surface area (Å²) in [5.74, 6) is 0.266. The Morgan fingerprint density at radius 3 is 2.75 bits per heavy atom. The van der Waals surface area contributed by atoms with Crippen LogP contribution in [0.25, 0.3) is 0 Å². The number of phenolic OH excluding ortho intramolecular Hbond substituents is 1. The largest absolute Gasteiger partial charge is 0.508 e. The zero-order valence-electron chi connectivity index (χ0n) is 12.6. The van der Waals surface area contributed by atoms with Crippen molar-refractivity contribution >= 4 is 0 Å². The third-order valence-corrected chi connectivity index (χ3v) is 4.21. The highest BCUT2D eigenvalue weighted by Gasteiger charge is 2.24. The van der Waals surface area contributed by atoms with Gasteiger partial charge >= 0.3 is 0 Å². The van der Waals surface area contributed by atoms with Gasteiger partial charge in [0.2, 0.25) is 0 Å². The van der Waals surface area contributed by atoms with E-state index in [9.17, 15) is 9.50 Å². The van der Waals surface area contributed by atoms with E-state index in [0.717, 1.165) is 19.6 Å². The molecular weight excluding hydrogens is 255 g/mol. The Kier molecular flexibility index (Phi) is 5.00. The molecule has 20 heavy (non-hydrogen) atoms. The lowest BCUT2D eigenvalue weighted by Crippen LogP contribution is -2.31. The zero-order valence-corrected chi connectivity index (χ0v) is 12.6. The van der Waals surface area contributed by atoms with Crippen molar-refractivity contribution in [2.75, 3.05) is 19.6 Å². The molecule has 112 valence electrons. The average molecular weight is 280 g/mol. The Hall–Kier alpha value is -1.13. The van der Waals surface area contributed by atoms with Crippen molar-refractivity contribution in [3.63, 3.8) is 0 Å². The van der Waals surface area contributed by atoms with E-state index in [-0.39, 0.29) is 17.6 Å². The molecule has 0 bridgehead atoms. The number of nitrogens with zero attached hydrogens (tertiary/aromatic N) is 1. The lowest BCUT2D eigenvalue weighted by molar-refractivity contribution is 0.263. The molecule has 2 unspecified atom stereocenters. The summed E-state index contributed by atoms with van der Waals surface area (Å²) >= 11 is 0. The zero-order chi connectivity index (χ0) is 14.7. The minimum absolute atomic E-state index is 0.0261. The summed E-state index contributed by atoms with van der Waals surface area (Å²) in [6, 6.07) is 4.92. The molecule has 0 aliphatic carbocycles. The van der Waals surface area contributed by atoms with E-state index in [4.69, 9.17) is 0 Å². The molecule has 1 aromatic rings. The lowest BCUT2D eigenvalue weighted by atomic mass is 10.1. The summed E-state index contributed by atoms with van der Waals surface area (Å²) in [6.45, 7) is 9.60. The van der Waals surface area contributed by atoms with Crippen LogP contribution in [-0.2, 0) is 0 Å². The number of hydrogen-bond donors (Lipinski definition) is 2. The number of nitrogens with one attached hydrogen (secondary N) is 1. The highest BCUT2D eigenvalue weighted by Crippen LogP contribution is 2.22. The minimum atomic E-state index is -0.347. The molecule has 0 aromatic heterocycles. The first-order valence-electron chi connectivity index (χ1n) is 7.43. The quantitative estimate of drug-likeness (QED) is 0.870. The Labute approximate surface area is 120 Å². The van der Waals surface area contributed by atoms with Crippen molar-refractivity contribution in [1.82, 2.24) is 10.2 Å². The van der Waals surface area contributed by atoms with Crippen LogP contribution in [0.5, 0.6) is 5.75 Å². The van der Waals surface area contributed by atoms with Crippen LogP contribution in [0.1, 0.15) is 38.8 Å². The number of hydrogen-bond acceptors (Lipinski definition) is 3. The van der Waals surface area contributed by atoms with E-state index >= 15 is 0 Å². The van der Waals surface area contributed by atoms with Crippen LogP contribution in [0, 0.1) is 11.7 Å². The third kappa shape index (κ3) is 3.70. The van der Waals surface area contributed by atoms with Crippen LogP contribution in [-0.4, -0.2) is 35.7 Å². The smallest absolute Gasteiger partial charge is 0.131 e. The van der Waals surface area contributed by atoms with Gasteiger partial charge in [-0.2, -0.15) is 0 Å². The van der Waals surface area contributed by atoms with E-state index in [1.165, 1.54) is 18.6 Å². The molecule has 1 aromatic carbocycles. The van der Waals surface area contributed by atoms with E-state index in [1.807, 2.05) is 6.92 Å². The van der Waals surface area contributed by atoms with Crippen molar-refractivity contribution in [1.29, 1.82) is 0 Å². The third-order valence-electron chi connectivity index (χ3n) is 4.21. The van der Waals surface area contributed by atoms with Gasteiger partial charge in [0.1, 0.15) is 11.6 Å². The highest BCUT2D eigenvalue weighted by atomic mass is 19.1. The standard InChI is InChI=1S/C16H25FN2O/c1-11(2)19-7-6-13(10-19)9-18-12(3)15-5-4-14(20)8-16(15)17/h4-5,8,11-13,18,20H,6-7,9-10H2,1-3H3. The Morgan fingerprint density at radius 1 is 1.40 bits per heavy atom. The predicted molar refractivity (Wildman–Crippen MR) is 79.3 cm³/mol. The predicted octanol–water partition coefficient (Wildman–Crippen LogP) is 2.91. The molecule has 0 radical (unpaired) electrons. The molecule has 2 atom stereocenters. The van der Waals surface area contributed by atoms with E-state index in [1.54, 1.807) is 6.07 Å². The summed E-state index contributed by atoms with van der Waals surface area (Å²) in [5, 5.41) is 12.6. The second-order valence-electron chi connectivity index (χ2n) is 6.08. The first kappa shape index (κ1) is 15.3. The molecule has 1 saturated heterocycles. The van der Waals surface area contributed by atoms with Gasteiger partial charge in [-0.15, -0.1) is 0 Å². The maximum Gasteiger partial charge on any atom is 0.131 e. The first-order valence-corrected chi connectivity index (χ1v) is 7.43. The highest BCUT2D eigenvalue weighted by molar-refractivity contribution is 5.29. The van der Waals surface area contributed by atoms with Crippen LogP contribution in [0.2, 0.25) is 0 Å². The topological polar surface area (TPSA) is 35.5 Å². The molecule has 1 aliphatic heterocycles. The van der Waals surface area contributed by atoms with Gasteiger partial charge in [-0.1, -0.05) is 6.07 Å². The molecule has 2 rings (SSSR count). The van der Waals surface area contributed by atoms with Gasteiger partial charge in [-0.25, -0.2) is 4.39 Å². The van der Waals surface area contributed by atoms with E-state index in [0.29, 0.717) is 17.5 Å². The Balaban J connectivity index is 1.85. The van der Waals surface area contributed by atoms with Crippen LogP contribution in [0.3, 0.4) is 0 Å². The molecular formula is C16H25FN2O. The van der Waals surface area contributed by atoms with Gasteiger partial charge < -0.3 is 15.3 Å². The van der Waals surface area contributed by atoms with Gasteiger partial charge in [-0.05, 0) is 52.3 Å². The van der Waals surface area contributed by atoms with Gasteiger partial charge in [0.25, 0.3) is 0 Å². The van der Waals surface area contributed by atoms with Gasteiger partial charge in [-0.3, -0.25) is 0 Å². The average Bonchev–Trinajstić information content (AvgIpc) is 2.85. The summed E-state index contributed by atoms with van der Waals surface area (Å²) in [6.07, 6.45) is 1.20. The number of benzene rings is 1.